The molecule has 1 rings (SSSR count). The van der Waals surface area contributed by atoms with Crippen LogP contribution in [0.4, 0.5) is 0 Å². The topological polar surface area (TPSA) is 31.5 Å². The summed E-state index contributed by atoms with van der Waals surface area (Å²) in [5.74, 6) is 0. The Kier molecular flexibility index (Phi) is 3.77. The summed E-state index contributed by atoms with van der Waals surface area (Å²) in [6, 6.07) is 7.60. The highest BCUT2D eigenvalue weighted by molar-refractivity contribution is 6.32. The Morgan fingerprint density at radius 3 is 2.30 bits per heavy atom. The van der Waals surface area contributed by atoms with E-state index in [4.69, 9.17) is 11.6 Å². The van der Waals surface area contributed by atoms with Gasteiger partial charge in [0.05, 0.1) is 0 Å². The molecule has 0 fully saturated rings. The highest BCUT2D eigenvalue weighted by Crippen LogP contribution is 2.14. The molecule has 0 aliphatic heterocycles. The molecular formula is C8H9ClO. The number of hydrogen-bond donors (Lipinski definition) is 0. The molecule has 0 spiro atoms. The van der Waals surface area contributed by atoms with Gasteiger partial charge in [-0.25, -0.2) is 0 Å². The lowest BCUT2D eigenvalue weighted by Crippen LogP contribution is -1.69. The van der Waals surface area contributed by atoms with Crippen LogP contribution in [0.15, 0.2) is 30.8 Å². The van der Waals surface area contributed by atoms with Crippen molar-refractivity contribution in [2.24, 2.45) is 0 Å². The molecule has 0 heterocycles. The van der Waals surface area contributed by atoms with Crippen molar-refractivity contribution >= 4 is 17.7 Å². The van der Waals surface area contributed by atoms with Gasteiger partial charge >= 0.3 is 0 Å². The van der Waals surface area contributed by atoms with Gasteiger partial charge in [0.15, 0.2) is 0 Å². The summed E-state index contributed by atoms with van der Waals surface area (Å²) >= 11 is 5.75. The molecule has 0 saturated heterocycles. The van der Waals surface area contributed by atoms with Gasteiger partial charge < -0.3 is 5.48 Å². The van der Waals surface area contributed by atoms with Crippen molar-refractivity contribution in [1.29, 1.82) is 0 Å². The summed E-state index contributed by atoms with van der Waals surface area (Å²) in [6.45, 7) is 3.61. The lowest BCUT2D eigenvalue weighted by molar-refractivity contribution is 0.824. The first kappa shape index (κ1) is 9.21. The van der Waals surface area contributed by atoms with Gasteiger partial charge in [0, 0.05) is 5.02 Å². The third-order valence-corrected chi connectivity index (χ3v) is 1.47. The maximum absolute atomic E-state index is 5.75. The number of halogens is 1. The normalized spacial score (nSPS) is 8.10. The first-order valence-corrected chi connectivity index (χ1v) is 3.09. The lowest BCUT2D eigenvalue weighted by Gasteiger charge is -1.92. The van der Waals surface area contributed by atoms with Gasteiger partial charge in [0.25, 0.3) is 0 Å². The minimum atomic E-state index is 0. The van der Waals surface area contributed by atoms with E-state index < -0.39 is 0 Å². The van der Waals surface area contributed by atoms with E-state index in [2.05, 4.69) is 6.58 Å². The third kappa shape index (κ3) is 1.87. The summed E-state index contributed by atoms with van der Waals surface area (Å²) in [5, 5.41) is 0.757. The summed E-state index contributed by atoms with van der Waals surface area (Å²) in [5.41, 5.74) is 0.985. The monoisotopic (exact) mass is 156 g/mol. The molecule has 54 valence electrons. The minimum absolute atomic E-state index is 0. The van der Waals surface area contributed by atoms with Crippen LogP contribution in [-0.2, 0) is 0 Å². The summed E-state index contributed by atoms with van der Waals surface area (Å²) in [7, 11) is 0. The average Bonchev–Trinajstić information content (AvgIpc) is 1.89. The molecule has 10 heavy (non-hydrogen) atoms. The molecule has 0 aliphatic rings. The zero-order chi connectivity index (χ0) is 6.69. The highest BCUT2D eigenvalue weighted by atomic mass is 35.5. The molecule has 0 aliphatic carbocycles. The van der Waals surface area contributed by atoms with Crippen LogP contribution in [0.3, 0.4) is 0 Å². The van der Waals surface area contributed by atoms with Gasteiger partial charge in [-0.3, -0.25) is 0 Å². The molecule has 1 nitrogen and oxygen atoms in total. The Labute approximate surface area is 65.3 Å². The Hall–Kier alpha value is -0.790. The second-order valence-electron chi connectivity index (χ2n) is 1.73. The van der Waals surface area contributed by atoms with Gasteiger partial charge in [0.1, 0.15) is 0 Å². The largest absolute Gasteiger partial charge is 0.412 e. The molecule has 0 saturated carbocycles. The van der Waals surface area contributed by atoms with Gasteiger partial charge in [-0.1, -0.05) is 42.5 Å². The molecule has 0 amide bonds. The van der Waals surface area contributed by atoms with Crippen LogP contribution >= 0.6 is 11.6 Å². The first-order chi connectivity index (χ1) is 4.34. The summed E-state index contributed by atoms with van der Waals surface area (Å²) in [6.07, 6.45) is 1.74. The fourth-order valence-corrected chi connectivity index (χ4v) is 0.854. The van der Waals surface area contributed by atoms with Gasteiger partial charge in [-0.05, 0) is 11.6 Å². The minimum Gasteiger partial charge on any atom is -0.412 e. The molecule has 0 radical (unpaired) electrons. The maximum Gasteiger partial charge on any atom is 0.0478 e. The highest BCUT2D eigenvalue weighted by Gasteiger charge is 1.89. The Morgan fingerprint density at radius 1 is 1.30 bits per heavy atom. The van der Waals surface area contributed by atoms with E-state index in [0.29, 0.717) is 0 Å². The van der Waals surface area contributed by atoms with Gasteiger partial charge in [-0.15, -0.1) is 0 Å². The predicted molar refractivity (Wildman–Crippen MR) is 45.2 cm³/mol. The fourth-order valence-electron chi connectivity index (χ4n) is 0.641. The van der Waals surface area contributed by atoms with Crippen LogP contribution in [0.25, 0.3) is 6.08 Å². The maximum atomic E-state index is 5.75. The van der Waals surface area contributed by atoms with Crippen molar-refractivity contribution in [2.45, 2.75) is 0 Å². The summed E-state index contributed by atoms with van der Waals surface area (Å²) < 4.78 is 0. The molecule has 0 atom stereocenters. The third-order valence-electron chi connectivity index (χ3n) is 1.13. The predicted octanol–water partition coefficient (Wildman–Crippen LogP) is 2.16. The summed E-state index contributed by atoms with van der Waals surface area (Å²) in [4.78, 5) is 0. The molecular weight excluding hydrogens is 148 g/mol. The average molecular weight is 157 g/mol. The SMILES string of the molecule is C=Cc1ccccc1Cl.O. The molecule has 1 aromatic carbocycles. The Bertz CT molecular complexity index is 220. The quantitative estimate of drug-likeness (QED) is 0.597. The van der Waals surface area contributed by atoms with Gasteiger partial charge in [-0.2, -0.15) is 0 Å². The van der Waals surface area contributed by atoms with E-state index in [9.17, 15) is 0 Å². The smallest absolute Gasteiger partial charge is 0.0478 e. The van der Waals surface area contributed by atoms with Crippen molar-refractivity contribution in [3.63, 3.8) is 0 Å². The molecule has 2 heteroatoms. The van der Waals surface area contributed by atoms with Crippen molar-refractivity contribution in [3.8, 4) is 0 Å². The molecule has 0 bridgehead atoms. The van der Waals surface area contributed by atoms with Crippen molar-refractivity contribution < 1.29 is 5.48 Å². The number of rotatable bonds is 1. The van der Waals surface area contributed by atoms with E-state index in [1.807, 2.05) is 24.3 Å². The van der Waals surface area contributed by atoms with Crippen LogP contribution in [0.2, 0.25) is 5.02 Å². The van der Waals surface area contributed by atoms with Crippen molar-refractivity contribution in [3.05, 3.63) is 41.4 Å². The second kappa shape index (κ2) is 4.09. The van der Waals surface area contributed by atoms with Crippen molar-refractivity contribution in [1.82, 2.24) is 0 Å². The molecule has 2 N–H and O–H groups in total. The zero-order valence-electron chi connectivity index (χ0n) is 5.47. The van der Waals surface area contributed by atoms with E-state index in [1.165, 1.54) is 0 Å². The standard InChI is InChI=1S/C8H7Cl.H2O/c1-2-7-5-3-4-6-8(7)9;/h2-6H,1H2;1H2. The van der Waals surface area contributed by atoms with Crippen LogP contribution in [-0.4, -0.2) is 5.48 Å². The van der Waals surface area contributed by atoms with Crippen LogP contribution < -0.4 is 0 Å². The fraction of sp³-hybridized carbons (Fsp3) is 0. The van der Waals surface area contributed by atoms with Crippen LogP contribution in [0.1, 0.15) is 5.56 Å². The molecule has 0 unspecified atom stereocenters. The van der Waals surface area contributed by atoms with E-state index >= 15 is 0 Å². The molecule has 0 aromatic heterocycles. The Balaban J connectivity index is 0.000000810. The van der Waals surface area contributed by atoms with E-state index in [1.54, 1.807) is 6.08 Å². The number of benzene rings is 1. The zero-order valence-corrected chi connectivity index (χ0v) is 6.23. The van der Waals surface area contributed by atoms with Crippen LogP contribution in [0.5, 0.6) is 0 Å². The van der Waals surface area contributed by atoms with E-state index in [0.717, 1.165) is 10.6 Å². The number of hydrogen-bond acceptors (Lipinski definition) is 0. The van der Waals surface area contributed by atoms with Crippen LogP contribution in [0, 0.1) is 0 Å². The second-order valence-corrected chi connectivity index (χ2v) is 2.13. The molecule has 1 aromatic rings. The lowest BCUT2D eigenvalue weighted by atomic mass is 10.2. The first-order valence-electron chi connectivity index (χ1n) is 2.71. The van der Waals surface area contributed by atoms with Gasteiger partial charge in [0.2, 0.25) is 0 Å². The van der Waals surface area contributed by atoms with Crippen molar-refractivity contribution in [2.75, 3.05) is 0 Å². The Morgan fingerprint density at radius 2 is 1.90 bits per heavy atom. The van der Waals surface area contributed by atoms with E-state index in [-0.39, 0.29) is 5.48 Å².